The molecule has 0 amide bonds. The third-order valence-electron chi connectivity index (χ3n) is 0.836. The molecule has 0 unspecified atom stereocenters. The molecular formula is C4H5NO4S. The van der Waals surface area contributed by atoms with Gasteiger partial charge in [0.05, 0.1) is 0 Å². The van der Waals surface area contributed by atoms with Gasteiger partial charge in [-0.2, -0.15) is 0 Å². The Morgan fingerprint density at radius 1 is 1.40 bits per heavy atom. The minimum Gasteiger partial charge on any atom is -0.298 e. The minimum absolute atomic E-state index is 0.112. The molecule has 0 spiro atoms. The van der Waals surface area contributed by atoms with Gasteiger partial charge in [-0.3, -0.25) is 9.78 Å². The van der Waals surface area contributed by atoms with Crippen LogP contribution < -0.4 is 5.14 Å². The number of hydrogen-bond donors (Lipinski definition) is 1. The van der Waals surface area contributed by atoms with Crippen molar-refractivity contribution in [3.05, 3.63) is 23.5 Å². The minimum atomic E-state index is -3.66. The van der Waals surface area contributed by atoms with E-state index in [0.717, 1.165) is 12.5 Å². The fourth-order valence-corrected chi connectivity index (χ4v) is 0.822. The number of rotatable bonds is 1. The van der Waals surface area contributed by atoms with Crippen LogP contribution >= 0.6 is 0 Å². The van der Waals surface area contributed by atoms with Crippen molar-refractivity contribution >= 4 is 10.0 Å². The predicted molar refractivity (Wildman–Crippen MR) is 32.5 cm³/mol. The second-order valence-electron chi connectivity index (χ2n) is 1.56. The summed E-state index contributed by atoms with van der Waals surface area (Å²) in [5.41, 5.74) is 0. The molecule has 0 aliphatic carbocycles. The number of primary sulfonamides is 1. The highest BCUT2D eigenvalue weighted by Gasteiger charge is 2.11. The van der Waals surface area contributed by atoms with Crippen LogP contribution in [-0.4, -0.2) is 8.42 Å². The molecule has 0 bridgehead atoms. The average Bonchev–Trinajstić information content (AvgIpc) is 1.88. The van der Waals surface area contributed by atoms with Gasteiger partial charge in [-0.05, 0) is 0 Å². The Labute approximate surface area is 57.7 Å². The van der Waals surface area contributed by atoms with Gasteiger partial charge in [0.25, 0.3) is 0 Å². The van der Waals surface area contributed by atoms with Gasteiger partial charge in [0.2, 0.25) is 10.0 Å². The van der Waals surface area contributed by atoms with E-state index in [9.17, 15) is 8.42 Å². The van der Waals surface area contributed by atoms with Crippen molar-refractivity contribution < 1.29 is 18.2 Å². The Balaban J connectivity index is 2.94. The van der Waals surface area contributed by atoms with E-state index in [1.54, 1.807) is 0 Å². The Kier molecular flexibility index (Phi) is 1.64. The van der Waals surface area contributed by atoms with Crippen LogP contribution in [0.1, 0.15) is 0 Å². The highest BCUT2D eigenvalue weighted by molar-refractivity contribution is 7.93. The fourth-order valence-electron chi connectivity index (χ4n) is 0.403. The summed E-state index contributed by atoms with van der Waals surface area (Å²) in [5, 5.41) is 4.73. The molecule has 0 aromatic heterocycles. The van der Waals surface area contributed by atoms with Gasteiger partial charge in [-0.25, -0.2) is 13.6 Å². The van der Waals surface area contributed by atoms with Gasteiger partial charge in [0.15, 0.2) is 6.26 Å². The van der Waals surface area contributed by atoms with Crippen LogP contribution in [-0.2, 0) is 19.8 Å². The molecule has 1 heterocycles. The maximum atomic E-state index is 10.5. The molecule has 0 saturated carbocycles. The summed E-state index contributed by atoms with van der Waals surface area (Å²) in [6, 6.07) is 0. The van der Waals surface area contributed by atoms with E-state index in [1.165, 1.54) is 6.08 Å². The fraction of sp³-hybridized carbons (Fsp3) is 0. The van der Waals surface area contributed by atoms with Crippen molar-refractivity contribution in [2.24, 2.45) is 5.14 Å². The lowest BCUT2D eigenvalue weighted by Crippen LogP contribution is -2.14. The van der Waals surface area contributed by atoms with E-state index in [4.69, 9.17) is 5.14 Å². The van der Waals surface area contributed by atoms with E-state index in [0.29, 0.717) is 0 Å². The van der Waals surface area contributed by atoms with Crippen molar-refractivity contribution in [3.8, 4) is 0 Å². The van der Waals surface area contributed by atoms with Crippen molar-refractivity contribution in [1.82, 2.24) is 0 Å². The topological polar surface area (TPSA) is 78.6 Å². The maximum Gasteiger partial charge on any atom is 0.241 e. The molecule has 1 aliphatic heterocycles. The van der Waals surface area contributed by atoms with Crippen molar-refractivity contribution in [1.29, 1.82) is 0 Å². The molecule has 0 aromatic carbocycles. The molecule has 5 nitrogen and oxygen atoms in total. The molecule has 6 heteroatoms. The number of allylic oxidation sites excluding steroid dienone is 1. The SMILES string of the molecule is NS(=O)(=O)C1=COOC=C1. The lowest BCUT2D eigenvalue weighted by molar-refractivity contribution is -0.198. The van der Waals surface area contributed by atoms with Crippen LogP contribution in [0.3, 0.4) is 0 Å². The lowest BCUT2D eigenvalue weighted by Gasteiger charge is -2.03. The summed E-state index contributed by atoms with van der Waals surface area (Å²) in [6.07, 6.45) is 3.19. The van der Waals surface area contributed by atoms with Crippen LogP contribution in [0.15, 0.2) is 23.5 Å². The van der Waals surface area contributed by atoms with Crippen molar-refractivity contribution in [2.45, 2.75) is 0 Å². The van der Waals surface area contributed by atoms with E-state index in [-0.39, 0.29) is 4.91 Å². The second kappa shape index (κ2) is 2.31. The molecule has 1 rings (SSSR count). The maximum absolute atomic E-state index is 10.5. The lowest BCUT2D eigenvalue weighted by atomic mass is 10.6. The van der Waals surface area contributed by atoms with Crippen molar-refractivity contribution in [3.63, 3.8) is 0 Å². The van der Waals surface area contributed by atoms with E-state index in [2.05, 4.69) is 9.78 Å². The molecule has 1 aliphatic rings. The van der Waals surface area contributed by atoms with Crippen molar-refractivity contribution in [2.75, 3.05) is 0 Å². The first-order valence-electron chi connectivity index (χ1n) is 2.32. The first-order valence-corrected chi connectivity index (χ1v) is 3.87. The molecular weight excluding hydrogens is 158 g/mol. The number of sulfonamides is 1. The third kappa shape index (κ3) is 1.49. The normalized spacial score (nSPS) is 17.1. The third-order valence-corrected chi connectivity index (χ3v) is 1.73. The Morgan fingerprint density at radius 3 is 2.40 bits per heavy atom. The summed E-state index contributed by atoms with van der Waals surface area (Å²) < 4.78 is 21.0. The molecule has 0 saturated heterocycles. The monoisotopic (exact) mass is 163 g/mol. The Hall–Kier alpha value is -1.01. The molecule has 2 N–H and O–H groups in total. The van der Waals surface area contributed by atoms with Gasteiger partial charge < -0.3 is 0 Å². The molecule has 0 fully saturated rings. The van der Waals surface area contributed by atoms with Gasteiger partial charge in [-0.1, -0.05) is 0 Å². The van der Waals surface area contributed by atoms with Gasteiger partial charge >= 0.3 is 0 Å². The summed E-state index contributed by atoms with van der Waals surface area (Å²) in [5.74, 6) is 0. The summed E-state index contributed by atoms with van der Waals surface area (Å²) in [6.45, 7) is 0. The molecule has 56 valence electrons. The highest BCUT2D eigenvalue weighted by atomic mass is 32.2. The molecule has 0 aromatic rings. The second-order valence-corrected chi connectivity index (χ2v) is 3.12. The zero-order chi connectivity index (χ0) is 7.61. The first kappa shape index (κ1) is 7.10. The molecule has 10 heavy (non-hydrogen) atoms. The summed E-state index contributed by atoms with van der Waals surface area (Å²) >= 11 is 0. The smallest absolute Gasteiger partial charge is 0.241 e. The van der Waals surface area contributed by atoms with E-state index < -0.39 is 10.0 Å². The molecule has 0 radical (unpaired) electrons. The van der Waals surface area contributed by atoms with Gasteiger partial charge in [-0.15, -0.1) is 0 Å². The number of nitrogens with two attached hydrogens (primary N) is 1. The largest absolute Gasteiger partial charge is 0.298 e. The van der Waals surface area contributed by atoms with E-state index >= 15 is 0 Å². The standard InChI is InChI=1S/C4H5NO4S/c5-10(6,7)4-1-2-8-9-3-4/h1-3H,(H2,5,6,7). The zero-order valence-electron chi connectivity index (χ0n) is 4.85. The Bertz CT molecular complexity index is 276. The van der Waals surface area contributed by atoms with Gasteiger partial charge in [0.1, 0.15) is 11.2 Å². The highest BCUT2D eigenvalue weighted by Crippen LogP contribution is 2.08. The van der Waals surface area contributed by atoms with Crippen LogP contribution in [0.2, 0.25) is 0 Å². The van der Waals surface area contributed by atoms with E-state index in [1.807, 2.05) is 0 Å². The van der Waals surface area contributed by atoms with Crippen LogP contribution in [0.5, 0.6) is 0 Å². The van der Waals surface area contributed by atoms with Crippen LogP contribution in [0, 0.1) is 0 Å². The summed E-state index contributed by atoms with van der Waals surface area (Å²) in [4.78, 5) is 8.31. The van der Waals surface area contributed by atoms with Crippen LogP contribution in [0.4, 0.5) is 0 Å². The number of hydrogen-bond acceptors (Lipinski definition) is 4. The van der Waals surface area contributed by atoms with Crippen LogP contribution in [0.25, 0.3) is 0 Å². The Morgan fingerprint density at radius 2 is 2.10 bits per heavy atom. The summed E-state index contributed by atoms with van der Waals surface area (Å²) in [7, 11) is -3.66. The zero-order valence-corrected chi connectivity index (χ0v) is 5.67. The van der Waals surface area contributed by atoms with Gasteiger partial charge in [0, 0.05) is 6.08 Å². The average molecular weight is 163 g/mol. The quantitative estimate of drug-likeness (QED) is 0.533. The first-order chi connectivity index (χ1) is 4.61. The molecule has 0 atom stereocenters. The predicted octanol–water partition coefficient (Wildman–Crippen LogP) is -0.408.